The van der Waals surface area contributed by atoms with Crippen molar-refractivity contribution < 1.29 is 4.79 Å². The van der Waals surface area contributed by atoms with Crippen LogP contribution in [0.3, 0.4) is 0 Å². The molecule has 1 N–H and O–H groups in total. The highest BCUT2D eigenvalue weighted by Gasteiger charge is 2.08. The van der Waals surface area contributed by atoms with E-state index in [1.807, 2.05) is 30.3 Å². The minimum atomic E-state index is -0.0481. The van der Waals surface area contributed by atoms with Crippen LogP contribution < -0.4 is 5.32 Å². The molecule has 1 aromatic carbocycles. The molecule has 0 aliphatic rings. The lowest BCUT2D eigenvalue weighted by Crippen LogP contribution is -2.13. The summed E-state index contributed by atoms with van der Waals surface area (Å²) in [5, 5.41) is 12.3. The van der Waals surface area contributed by atoms with Gasteiger partial charge < -0.3 is 0 Å². The standard InChI is InChI=1S/C13H15N3OS2/c1-2-6-12-15-16-13(19-12)14-11(17)9-18-10-7-4-3-5-8-10/h3-5,7-8H,2,6,9H2,1H3,(H,14,16,17). The van der Waals surface area contributed by atoms with Crippen molar-refractivity contribution in [3.05, 3.63) is 35.3 Å². The molecule has 0 fully saturated rings. The molecule has 2 aromatic rings. The zero-order valence-electron chi connectivity index (χ0n) is 10.6. The van der Waals surface area contributed by atoms with Gasteiger partial charge in [0.05, 0.1) is 5.75 Å². The van der Waals surface area contributed by atoms with Crippen LogP contribution in [-0.4, -0.2) is 21.9 Å². The molecule has 1 heterocycles. The van der Waals surface area contributed by atoms with Crippen LogP contribution in [0.1, 0.15) is 18.4 Å². The lowest BCUT2D eigenvalue weighted by molar-refractivity contribution is -0.113. The second-order valence-corrected chi connectivity index (χ2v) is 6.01. The number of amides is 1. The Morgan fingerprint density at radius 3 is 2.84 bits per heavy atom. The Morgan fingerprint density at radius 1 is 1.32 bits per heavy atom. The van der Waals surface area contributed by atoms with Gasteiger partial charge in [-0.15, -0.1) is 22.0 Å². The Labute approximate surface area is 120 Å². The highest BCUT2D eigenvalue weighted by atomic mass is 32.2. The first-order valence-electron chi connectivity index (χ1n) is 6.08. The molecule has 0 saturated carbocycles. The molecule has 1 amide bonds. The van der Waals surface area contributed by atoms with E-state index in [0.29, 0.717) is 10.9 Å². The van der Waals surface area contributed by atoms with Gasteiger partial charge in [0.2, 0.25) is 11.0 Å². The molecule has 0 radical (unpaired) electrons. The van der Waals surface area contributed by atoms with E-state index in [9.17, 15) is 4.79 Å². The summed E-state index contributed by atoms with van der Waals surface area (Å²) in [4.78, 5) is 12.8. The Morgan fingerprint density at radius 2 is 2.11 bits per heavy atom. The first-order valence-corrected chi connectivity index (χ1v) is 7.88. The van der Waals surface area contributed by atoms with E-state index in [4.69, 9.17) is 0 Å². The number of hydrogen-bond donors (Lipinski definition) is 1. The van der Waals surface area contributed by atoms with Gasteiger partial charge in [-0.25, -0.2) is 0 Å². The zero-order chi connectivity index (χ0) is 13.5. The molecule has 0 aliphatic carbocycles. The summed E-state index contributed by atoms with van der Waals surface area (Å²) in [6.07, 6.45) is 1.94. The predicted octanol–water partition coefficient (Wildman–Crippen LogP) is 3.22. The van der Waals surface area contributed by atoms with E-state index in [2.05, 4.69) is 22.4 Å². The molecule has 1 aromatic heterocycles. The number of hydrogen-bond acceptors (Lipinski definition) is 5. The number of aryl methyl sites for hydroxylation is 1. The number of anilines is 1. The second-order valence-electron chi connectivity index (χ2n) is 3.90. The van der Waals surface area contributed by atoms with Crippen LogP contribution in [0.15, 0.2) is 35.2 Å². The maximum Gasteiger partial charge on any atom is 0.236 e. The predicted molar refractivity (Wildman–Crippen MR) is 79.7 cm³/mol. The highest BCUT2D eigenvalue weighted by molar-refractivity contribution is 8.00. The Kier molecular flexibility index (Phi) is 5.35. The molecular formula is C13H15N3OS2. The van der Waals surface area contributed by atoms with E-state index in [-0.39, 0.29) is 5.91 Å². The van der Waals surface area contributed by atoms with Crippen molar-refractivity contribution in [2.75, 3.05) is 11.1 Å². The van der Waals surface area contributed by atoms with Crippen molar-refractivity contribution in [3.63, 3.8) is 0 Å². The normalized spacial score (nSPS) is 10.4. The summed E-state index contributed by atoms with van der Waals surface area (Å²) in [7, 11) is 0. The van der Waals surface area contributed by atoms with Crippen LogP contribution in [0.25, 0.3) is 0 Å². The number of carbonyl (C=O) groups excluding carboxylic acids is 1. The molecule has 0 bridgehead atoms. The van der Waals surface area contributed by atoms with Gasteiger partial charge in [-0.2, -0.15) is 0 Å². The second kappa shape index (κ2) is 7.25. The molecule has 100 valence electrons. The van der Waals surface area contributed by atoms with Gasteiger partial charge in [-0.1, -0.05) is 36.5 Å². The van der Waals surface area contributed by atoms with Crippen molar-refractivity contribution in [2.45, 2.75) is 24.7 Å². The number of carbonyl (C=O) groups is 1. The molecule has 0 spiro atoms. The van der Waals surface area contributed by atoms with E-state index >= 15 is 0 Å². The molecule has 4 nitrogen and oxygen atoms in total. The van der Waals surface area contributed by atoms with Gasteiger partial charge in [-0.3, -0.25) is 10.1 Å². The fourth-order valence-corrected chi connectivity index (χ4v) is 3.02. The number of nitrogens with one attached hydrogen (secondary N) is 1. The summed E-state index contributed by atoms with van der Waals surface area (Å²) < 4.78 is 0. The minimum absolute atomic E-state index is 0.0481. The van der Waals surface area contributed by atoms with E-state index in [1.165, 1.54) is 23.1 Å². The number of rotatable bonds is 6. The molecule has 6 heteroatoms. The third-order valence-corrected chi connectivity index (χ3v) is 4.20. The molecule has 0 unspecified atom stereocenters. The fraction of sp³-hybridized carbons (Fsp3) is 0.308. The van der Waals surface area contributed by atoms with Crippen LogP contribution in [0.5, 0.6) is 0 Å². The summed E-state index contributed by atoms with van der Waals surface area (Å²) >= 11 is 2.95. The van der Waals surface area contributed by atoms with Gasteiger partial charge in [0.25, 0.3) is 0 Å². The van der Waals surface area contributed by atoms with Gasteiger partial charge in [-0.05, 0) is 18.6 Å². The Balaban J connectivity index is 1.80. The SMILES string of the molecule is CCCc1nnc(NC(=O)CSc2ccccc2)s1. The molecule has 0 atom stereocenters. The van der Waals surface area contributed by atoms with Crippen LogP contribution >= 0.6 is 23.1 Å². The van der Waals surface area contributed by atoms with Gasteiger partial charge in [0.1, 0.15) is 5.01 Å². The minimum Gasteiger partial charge on any atom is -0.300 e. The Hall–Kier alpha value is -1.40. The molecule has 2 rings (SSSR count). The molecular weight excluding hydrogens is 278 g/mol. The van der Waals surface area contributed by atoms with E-state index < -0.39 is 0 Å². The first-order chi connectivity index (χ1) is 9.28. The fourth-order valence-electron chi connectivity index (χ4n) is 1.44. The third kappa shape index (κ3) is 4.65. The number of thioether (sulfide) groups is 1. The first kappa shape index (κ1) is 14.0. The maximum absolute atomic E-state index is 11.8. The lowest BCUT2D eigenvalue weighted by atomic mass is 10.4. The molecule has 0 aliphatic heterocycles. The summed E-state index contributed by atoms with van der Waals surface area (Å²) in [5.74, 6) is 0.334. The maximum atomic E-state index is 11.8. The average molecular weight is 293 g/mol. The van der Waals surface area contributed by atoms with Gasteiger partial charge in [0, 0.05) is 11.3 Å². The van der Waals surface area contributed by atoms with Crippen LogP contribution in [0.2, 0.25) is 0 Å². The van der Waals surface area contributed by atoms with Crippen molar-refractivity contribution in [3.8, 4) is 0 Å². The van der Waals surface area contributed by atoms with Crippen molar-refractivity contribution in [1.82, 2.24) is 10.2 Å². The molecule has 0 saturated heterocycles. The number of benzene rings is 1. The van der Waals surface area contributed by atoms with Crippen LogP contribution in [0, 0.1) is 0 Å². The molecule has 19 heavy (non-hydrogen) atoms. The highest BCUT2D eigenvalue weighted by Crippen LogP contribution is 2.19. The number of aromatic nitrogens is 2. The summed E-state index contributed by atoms with van der Waals surface area (Å²) in [6, 6.07) is 9.86. The third-order valence-electron chi connectivity index (χ3n) is 2.29. The monoisotopic (exact) mass is 293 g/mol. The van der Waals surface area contributed by atoms with Crippen LogP contribution in [0.4, 0.5) is 5.13 Å². The largest absolute Gasteiger partial charge is 0.300 e. The van der Waals surface area contributed by atoms with Gasteiger partial charge in [0.15, 0.2) is 0 Å². The number of nitrogens with zero attached hydrogens (tertiary/aromatic N) is 2. The average Bonchev–Trinajstić information content (AvgIpc) is 2.85. The van der Waals surface area contributed by atoms with Gasteiger partial charge >= 0.3 is 0 Å². The van der Waals surface area contributed by atoms with E-state index in [1.54, 1.807) is 0 Å². The van der Waals surface area contributed by atoms with Crippen molar-refractivity contribution in [2.24, 2.45) is 0 Å². The summed E-state index contributed by atoms with van der Waals surface area (Å²) in [5.41, 5.74) is 0. The van der Waals surface area contributed by atoms with Crippen LogP contribution in [-0.2, 0) is 11.2 Å². The lowest BCUT2D eigenvalue weighted by Gasteiger charge is -2.01. The summed E-state index contributed by atoms with van der Waals surface area (Å²) in [6.45, 7) is 2.09. The van der Waals surface area contributed by atoms with Crippen molar-refractivity contribution in [1.29, 1.82) is 0 Å². The Bertz CT molecular complexity index is 528. The van der Waals surface area contributed by atoms with Crippen molar-refractivity contribution >= 4 is 34.1 Å². The van der Waals surface area contributed by atoms with E-state index in [0.717, 1.165) is 22.7 Å². The topological polar surface area (TPSA) is 54.9 Å². The smallest absolute Gasteiger partial charge is 0.236 e. The zero-order valence-corrected chi connectivity index (χ0v) is 12.3. The quantitative estimate of drug-likeness (QED) is 0.831.